The second-order valence-electron chi connectivity index (χ2n) is 8.42. The molecule has 0 aliphatic heterocycles. The monoisotopic (exact) mass is 490 g/mol. The average Bonchev–Trinajstić information content (AvgIpc) is 3.64. The van der Waals surface area contributed by atoms with Crippen LogP contribution >= 0.6 is 7.75 Å². The molecule has 0 amide bonds. The van der Waals surface area contributed by atoms with Gasteiger partial charge in [-0.1, -0.05) is 57.7 Å². The molecule has 0 bridgehead atoms. The SMILES string of the molecule is CCC(CC)COC(=O)[C@H](CC1CC1)NP(=O)(Oc1ccccc1)Oc1ccc([N+](=O)[O-])cc1. The molecule has 2 aromatic rings. The predicted octanol–water partition coefficient (Wildman–Crippen LogP) is 5.90. The van der Waals surface area contributed by atoms with E-state index in [0.717, 1.165) is 25.7 Å². The quantitative estimate of drug-likeness (QED) is 0.151. The first-order valence-electron chi connectivity index (χ1n) is 11.5. The molecular formula is C24H31N2O7P. The molecule has 184 valence electrons. The Morgan fingerprint density at radius 1 is 1.06 bits per heavy atom. The van der Waals surface area contributed by atoms with E-state index in [1.54, 1.807) is 30.3 Å². The van der Waals surface area contributed by atoms with Gasteiger partial charge in [0.05, 0.1) is 11.5 Å². The number of rotatable bonds is 14. The normalized spacial score (nSPS) is 15.9. The van der Waals surface area contributed by atoms with E-state index in [4.69, 9.17) is 13.8 Å². The Kier molecular flexibility index (Phi) is 9.07. The van der Waals surface area contributed by atoms with E-state index in [0.29, 0.717) is 18.9 Å². The van der Waals surface area contributed by atoms with Crippen LogP contribution < -0.4 is 14.1 Å². The number of para-hydroxylation sites is 1. The van der Waals surface area contributed by atoms with Gasteiger partial charge in [0.2, 0.25) is 0 Å². The van der Waals surface area contributed by atoms with Crippen LogP contribution in [-0.4, -0.2) is 23.5 Å². The lowest BCUT2D eigenvalue weighted by atomic mass is 10.1. The fourth-order valence-corrected chi connectivity index (χ4v) is 4.90. The standard InChI is InChI=1S/C24H31N2O7P/c1-3-18(4-2)17-31-24(27)23(16-19-10-11-19)25-34(30,32-21-8-6-5-7-9-21)33-22-14-12-20(13-15-22)26(28)29/h5-9,12-15,18-19,23H,3-4,10-11,16-17H2,1-2H3,(H,25,30)/t23-,34?/m0/s1. The molecule has 0 radical (unpaired) electrons. The fourth-order valence-electron chi connectivity index (χ4n) is 3.36. The van der Waals surface area contributed by atoms with Crippen molar-refractivity contribution in [1.29, 1.82) is 0 Å². The molecule has 34 heavy (non-hydrogen) atoms. The molecule has 1 saturated carbocycles. The van der Waals surface area contributed by atoms with Crippen LogP contribution in [0.4, 0.5) is 5.69 Å². The summed E-state index contributed by atoms with van der Waals surface area (Å²) < 4.78 is 30.8. The summed E-state index contributed by atoms with van der Waals surface area (Å²) in [5, 5.41) is 13.7. The number of carbonyl (C=O) groups is 1. The van der Waals surface area contributed by atoms with E-state index in [9.17, 15) is 19.5 Å². The Bertz CT molecular complexity index is 992. The summed E-state index contributed by atoms with van der Waals surface area (Å²) in [5.41, 5.74) is -0.129. The van der Waals surface area contributed by atoms with E-state index in [1.165, 1.54) is 24.3 Å². The number of nitrogens with zero attached hydrogens (tertiary/aromatic N) is 1. The molecule has 0 saturated heterocycles. The van der Waals surface area contributed by atoms with E-state index in [1.807, 2.05) is 13.8 Å². The van der Waals surface area contributed by atoms with Crippen LogP contribution in [0.1, 0.15) is 46.0 Å². The van der Waals surface area contributed by atoms with Gasteiger partial charge in [0.15, 0.2) is 0 Å². The molecule has 0 heterocycles. The number of hydrogen-bond donors (Lipinski definition) is 1. The Labute approximate surface area is 199 Å². The van der Waals surface area contributed by atoms with Crippen molar-refractivity contribution in [3.8, 4) is 11.5 Å². The molecule has 0 aromatic heterocycles. The maximum atomic E-state index is 13.8. The van der Waals surface area contributed by atoms with Gasteiger partial charge < -0.3 is 13.8 Å². The molecule has 9 nitrogen and oxygen atoms in total. The molecule has 10 heteroatoms. The van der Waals surface area contributed by atoms with Crippen molar-refractivity contribution in [2.75, 3.05) is 6.61 Å². The van der Waals surface area contributed by atoms with Crippen molar-refractivity contribution in [2.45, 2.75) is 52.0 Å². The van der Waals surface area contributed by atoms with Crippen LogP contribution in [0.5, 0.6) is 11.5 Å². The molecule has 3 rings (SSSR count). The molecule has 1 N–H and O–H groups in total. The molecule has 1 aliphatic rings. The number of non-ortho nitro benzene ring substituents is 1. The number of nitrogens with one attached hydrogen (secondary N) is 1. The van der Waals surface area contributed by atoms with Crippen LogP contribution in [0.15, 0.2) is 54.6 Å². The minimum absolute atomic E-state index is 0.105. The Hall–Kier alpha value is -2.90. The summed E-state index contributed by atoms with van der Waals surface area (Å²) in [7, 11) is -4.12. The first-order valence-corrected chi connectivity index (χ1v) is 13.1. The molecule has 1 unspecified atom stereocenters. The molecule has 1 fully saturated rings. The van der Waals surface area contributed by atoms with E-state index in [-0.39, 0.29) is 23.1 Å². The predicted molar refractivity (Wildman–Crippen MR) is 128 cm³/mol. The number of benzene rings is 2. The van der Waals surface area contributed by atoms with Crippen molar-refractivity contribution >= 4 is 19.4 Å². The first-order chi connectivity index (χ1) is 16.3. The zero-order valence-corrected chi connectivity index (χ0v) is 20.3. The van der Waals surface area contributed by atoms with Crippen molar-refractivity contribution in [2.24, 2.45) is 11.8 Å². The molecule has 0 spiro atoms. The highest BCUT2D eigenvalue weighted by atomic mass is 31.2. The summed E-state index contributed by atoms with van der Waals surface area (Å²) in [6, 6.07) is 12.7. The van der Waals surface area contributed by atoms with Gasteiger partial charge in [-0.15, -0.1) is 0 Å². The van der Waals surface area contributed by atoms with Gasteiger partial charge >= 0.3 is 13.7 Å². The highest BCUT2D eigenvalue weighted by molar-refractivity contribution is 7.52. The third-order valence-electron chi connectivity index (χ3n) is 5.72. The Balaban J connectivity index is 1.81. The zero-order chi connectivity index (χ0) is 24.6. The van der Waals surface area contributed by atoms with Gasteiger partial charge in [-0.2, -0.15) is 5.09 Å². The van der Waals surface area contributed by atoms with Crippen molar-refractivity contribution in [1.82, 2.24) is 5.09 Å². The highest BCUT2D eigenvalue weighted by Gasteiger charge is 2.39. The van der Waals surface area contributed by atoms with Crippen LogP contribution in [0, 0.1) is 22.0 Å². The van der Waals surface area contributed by atoms with Crippen LogP contribution in [-0.2, 0) is 14.1 Å². The lowest BCUT2D eigenvalue weighted by molar-refractivity contribution is -0.384. The molecule has 1 aliphatic carbocycles. The zero-order valence-electron chi connectivity index (χ0n) is 19.4. The van der Waals surface area contributed by atoms with Gasteiger partial charge in [-0.05, 0) is 42.5 Å². The number of carbonyl (C=O) groups excluding carboxylic acids is 1. The van der Waals surface area contributed by atoms with Crippen molar-refractivity contribution in [3.05, 3.63) is 64.7 Å². The number of ether oxygens (including phenoxy) is 1. The van der Waals surface area contributed by atoms with Gasteiger partial charge in [0.1, 0.15) is 17.5 Å². The minimum atomic E-state index is -4.12. The maximum absolute atomic E-state index is 13.8. The summed E-state index contributed by atoms with van der Waals surface area (Å²) in [6.45, 7) is 4.38. The number of nitro benzene ring substituents is 1. The van der Waals surface area contributed by atoms with E-state index < -0.39 is 24.7 Å². The van der Waals surface area contributed by atoms with Gasteiger partial charge in [0.25, 0.3) is 5.69 Å². The Morgan fingerprint density at radius 3 is 2.18 bits per heavy atom. The second kappa shape index (κ2) is 12.0. The smallest absolute Gasteiger partial charge is 0.464 e. The van der Waals surface area contributed by atoms with Crippen molar-refractivity contribution in [3.63, 3.8) is 0 Å². The highest BCUT2D eigenvalue weighted by Crippen LogP contribution is 2.47. The molecular weight excluding hydrogens is 459 g/mol. The number of esters is 1. The fraction of sp³-hybridized carbons (Fsp3) is 0.458. The maximum Gasteiger partial charge on any atom is 0.513 e. The summed E-state index contributed by atoms with van der Waals surface area (Å²) >= 11 is 0. The third-order valence-corrected chi connectivity index (χ3v) is 7.25. The van der Waals surface area contributed by atoms with Crippen LogP contribution in [0.25, 0.3) is 0 Å². The lowest BCUT2D eigenvalue weighted by Crippen LogP contribution is -2.39. The molecule has 2 aromatic carbocycles. The lowest BCUT2D eigenvalue weighted by Gasteiger charge is -2.25. The minimum Gasteiger partial charge on any atom is -0.464 e. The summed E-state index contributed by atoms with van der Waals surface area (Å²) in [4.78, 5) is 23.4. The topological polar surface area (TPSA) is 117 Å². The average molecular weight is 490 g/mol. The second-order valence-corrected chi connectivity index (χ2v) is 10.0. The number of hydrogen-bond acceptors (Lipinski definition) is 7. The van der Waals surface area contributed by atoms with Crippen LogP contribution in [0.3, 0.4) is 0 Å². The first kappa shape index (κ1) is 25.7. The van der Waals surface area contributed by atoms with Gasteiger partial charge in [-0.3, -0.25) is 14.9 Å². The van der Waals surface area contributed by atoms with E-state index >= 15 is 0 Å². The largest absolute Gasteiger partial charge is 0.513 e. The van der Waals surface area contributed by atoms with E-state index in [2.05, 4.69) is 5.09 Å². The number of nitro groups is 1. The summed E-state index contributed by atoms with van der Waals surface area (Å²) in [5.74, 6) is 0.490. The molecule has 2 atom stereocenters. The Morgan fingerprint density at radius 2 is 1.65 bits per heavy atom. The van der Waals surface area contributed by atoms with Crippen molar-refractivity contribution < 1.29 is 28.1 Å². The van der Waals surface area contributed by atoms with Gasteiger partial charge in [0, 0.05) is 12.1 Å². The van der Waals surface area contributed by atoms with Crippen LogP contribution in [0.2, 0.25) is 0 Å². The summed E-state index contributed by atoms with van der Waals surface area (Å²) in [6.07, 6.45) is 4.22. The van der Waals surface area contributed by atoms with Gasteiger partial charge in [-0.25, -0.2) is 4.57 Å². The third kappa shape index (κ3) is 7.85.